The molecule has 0 radical (unpaired) electrons. The van der Waals surface area contributed by atoms with Crippen LogP contribution < -0.4 is 0 Å². The van der Waals surface area contributed by atoms with Crippen molar-refractivity contribution in [1.29, 1.82) is 0 Å². The summed E-state index contributed by atoms with van der Waals surface area (Å²) in [6, 6.07) is 6.25. The minimum absolute atomic E-state index is 0.283. The highest BCUT2D eigenvalue weighted by molar-refractivity contribution is 5.87. The number of hydrogen-bond donors (Lipinski definition) is 0. The van der Waals surface area contributed by atoms with E-state index in [-0.39, 0.29) is 12.1 Å². The van der Waals surface area contributed by atoms with Crippen molar-refractivity contribution in [2.75, 3.05) is 0 Å². The highest BCUT2D eigenvalue weighted by atomic mass is 19.1. The Hall–Kier alpha value is -2.43. The minimum atomic E-state index is -1.00. The zero-order chi connectivity index (χ0) is 22.3. The Kier molecular flexibility index (Phi) is 5.94. The Morgan fingerprint density at radius 2 is 2.00 bits per heavy atom. The maximum absolute atomic E-state index is 14.3. The number of carbonyl (C=O) groups excluding carboxylic acids is 2. The van der Waals surface area contributed by atoms with Crippen molar-refractivity contribution < 1.29 is 23.5 Å². The molecule has 1 aromatic rings. The van der Waals surface area contributed by atoms with Crippen molar-refractivity contribution in [2.45, 2.75) is 65.6 Å². The van der Waals surface area contributed by atoms with E-state index < -0.39 is 34.6 Å². The Labute approximate surface area is 178 Å². The quantitative estimate of drug-likeness (QED) is 0.355. The van der Waals surface area contributed by atoms with Gasteiger partial charge in [-0.15, -0.1) is 6.58 Å². The number of aryl methyl sites for hydroxylation is 1. The molecule has 0 spiro atoms. The van der Waals surface area contributed by atoms with E-state index in [1.165, 1.54) is 11.6 Å². The summed E-state index contributed by atoms with van der Waals surface area (Å²) < 4.78 is 25.3. The van der Waals surface area contributed by atoms with Crippen molar-refractivity contribution in [2.24, 2.45) is 17.3 Å². The molecule has 3 atom stereocenters. The van der Waals surface area contributed by atoms with E-state index in [4.69, 9.17) is 9.47 Å². The minimum Gasteiger partial charge on any atom is -0.457 e. The summed E-state index contributed by atoms with van der Waals surface area (Å²) in [6.07, 6.45) is 5.16. The van der Waals surface area contributed by atoms with E-state index >= 15 is 0 Å². The van der Waals surface area contributed by atoms with Crippen molar-refractivity contribution in [3.63, 3.8) is 0 Å². The van der Waals surface area contributed by atoms with E-state index in [1.54, 1.807) is 20.8 Å². The third kappa shape index (κ3) is 4.66. The van der Waals surface area contributed by atoms with Crippen LogP contribution in [0.1, 0.15) is 63.8 Å². The largest absolute Gasteiger partial charge is 0.457 e. The molecular weight excluding hydrogens is 383 g/mol. The average Bonchev–Trinajstić information content (AvgIpc) is 2.96. The fraction of sp³-hybridized carbons (Fsp3) is 0.520. The summed E-state index contributed by atoms with van der Waals surface area (Å²) in [6.45, 7) is 12.6. The number of benzene rings is 1. The predicted molar refractivity (Wildman–Crippen MR) is 113 cm³/mol. The summed E-state index contributed by atoms with van der Waals surface area (Å²) in [5.74, 6) is -3.18. The fourth-order valence-electron chi connectivity index (χ4n) is 4.23. The molecule has 0 amide bonds. The number of fused-ring (bicyclic) bond motifs is 1. The lowest BCUT2D eigenvalue weighted by atomic mass is 10.0. The molecule has 0 saturated heterocycles. The van der Waals surface area contributed by atoms with Gasteiger partial charge in [0.1, 0.15) is 11.7 Å². The molecule has 4 nitrogen and oxygen atoms in total. The molecule has 1 unspecified atom stereocenters. The maximum Gasteiger partial charge on any atom is 0.367 e. The first kappa shape index (κ1) is 22.3. The van der Waals surface area contributed by atoms with Crippen LogP contribution >= 0.6 is 0 Å². The highest BCUT2D eigenvalue weighted by Gasteiger charge is 2.62. The zero-order valence-corrected chi connectivity index (χ0v) is 18.5. The second-order valence-corrected chi connectivity index (χ2v) is 9.83. The van der Waals surface area contributed by atoms with Crippen LogP contribution in [-0.2, 0) is 31.9 Å². The molecule has 5 heteroatoms. The van der Waals surface area contributed by atoms with Crippen molar-refractivity contribution >= 4 is 11.9 Å². The second-order valence-electron chi connectivity index (χ2n) is 9.83. The molecule has 0 bridgehead atoms. The number of allylic oxidation sites excluding steroid dienone is 2. The van der Waals surface area contributed by atoms with E-state index in [1.807, 2.05) is 19.9 Å². The summed E-state index contributed by atoms with van der Waals surface area (Å²) >= 11 is 0. The predicted octanol–water partition coefficient (Wildman–Crippen LogP) is 5.41. The van der Waals surface area contributed by atoms with E-state index in [0.29, 0.717) is 0 Å². The van der Waals surface area contributed by atoms with E-state index in [9.17, 15) is 14.0 Å². The first-order valence-corrected chi connectivity index (χ1v) is 10.5. The van der Waals surface area contributed by atoms with Gasteiger partial charge in [0.15, 0.2) is 0 Å². The number of halogens is 1. The van der Waals surface area contributed by atoms with Crippen LogP contribution in [0.15, 0.2) is 42.8 Å². The third-order valence-corrected chi connectivity index (χ3v) is 5.96. The number of rotatable bonds is 6. The van der Waals surface area contributed by atoms with Gasteiger partial charge in [-0.05, 0) is 74.1 Å². The van der Waals surface area contributed by atoms with Crippen LogP contribution in [0.3, 0.4) is 0 Å². The van der Waals surface area contributed by atoms with E-state index in [0.717, 1.165) is 30.4 Å². The van der Waals surface area contributed by atoms with E-state index in [2.05, 4.69) is 24.8 Å². The Balaban J connectivity index is 1.69. The first-order chi connectivity index (χ1) is 13.9. The smallest absolute Gasteiger partial charge is 0.367 e. The van der Waals surface area contributed by atoms with Gasteiger partial charge in [-0.25, -0.2) is 4.79 Å². The summed E-state index contributed by atoms with van der Waals surface area (Å²) in [7, 11) is 0. The van der Waals surface area contributed by atoms with Gasteiger partial charge in [-0.2, -0.15) is 4.39 Å². The van der Waals surface area contributed by atoms with Crippen LogP contribution in [0, 0.1) is 17.3 Å². The number of carbonyl (C=O) groups is 2. The second kappa shape index (κ2) is 8.01. The van der Waals surface area contributed by atoms with Crippen molar-refractivity contribution in [1.82, 2.24) is 0 Å². The van der Waals surface area contributed by atoms with Crippen molar-refractivity contribution in [3.05, 3.63) is 59.4 Å². The zero-order valence-electron chi connectivity index (χ0n) is 18.5. The SMILES string of the molecule is C=CCc1ccc2c(c1)C(OC(=O)[C@H]1[C@@H](C=C(F)C(=O)OC(C)(C)C)C1(C)C)CC2. The summed E-state index contributed by atoms with van der Waals surface area (Å²) in [5, 5.41) is 0. The van der Waals surface area contributed by atoms with Gasteiger partial charge in [0, 0.05) is 0 Å². The Morgan fingerprint density at radius 3 is 2.63 bits per heavy atom. The first-order valence-electron chi connectivity index (χ1n) is 10.5. The van der Waals surface area contributed by atoms with Crippen LogP contribution in [-0.4, -0.2) is 17.5 Å². The molecule has 1 saturated carbocycles. The van der Waals surface area contributed by atoms with Gasteiger partial charge in [-0.1, -0.05) is 38.1 Å². The normalized spacial score (nSPS) is 24.7. The standard InChI is InChI=1S/C25H31FO4/c1-7-8-15-9-10-16-11-12-20(17(16)13-15)29-23(28)21-18(25(21,5)6)14-19(26)22(27)30-24(2,3)4/h7,9-10,13-14,18,20-21H,1,8,11-12H2,2-6H3/t18-,20?,21-/m1/s1. The number of esters is 2. The molecule has 30 heavy (non-hydrogen) atoms. The molecule has 162 valence electrons. The van der Waals surface area contributed by atoms with Gasteiger partial charge < -0.3 is 9.47 Å². The molecule has 0 heterocycles. The Bertz CT molecular complexity index is 891. The fourth-order valence-corrected chi connectivity index (χ4v) is 4.23. The topological polar surface area (TPSA) is 52.6 Å². The monoisotopic (exact) mass is 414 g/mol. The molecular formula is C25H31FO4. The molecule has 2 aliphatic rings. The van der Waals surface area contributed by atoms with Crippen molar-refractivity contribution in [3.8, 4) is 0 Å². The van der Waals surface area contributed by atoms with Crippen LogP contribution in [0.4, 0.5) is 4.39 Å². The van der Waals surface area contributed by atoms with Gasteiger partial charge in [0.25, 0.3) is 0 Å². The number of hydrogen-bond acceptors (Lipinski definition) is 4. The molecule has 1 fully saturated rings. The molecule has 2 aliphatic carbocycles. The summed E-state index contributed by atoms with van der Waals surface area (Å²) in [5.41, 5.74) is 2.14. The highest BCUT2D eigenvalue weighted by Crippen LogP contribution is 2.60. The van der Waals surface area contributed by atoms with Crippen LogP contribution in [0.5, 0.6) is 0 Å². The maximum atomic E-state index is 14.3. The lowest BCUT2D eigenvalue weighted by Gasteiger charge is -2.18. The lowest BCUT2D eigenvalue weighted by molar-refractivity contribution is -0.153. The molecule has 0 aliphatic heterocycles. The average molecular weight is 415 g/mol. The molecule has 3 rings (SSSR count). The molecule has 0 aromatic heterocycles. The van der Waals surface area contributed by atoms with Crippen LogP contribution in [0.2, 0.25) is 0 Å². The third-order valence-electron chi connectivity index (χ3n) is 5.96. The lowest BCUT2D eigenvalue weighted by Crippen LogP contribution is -2.24. The number of ether oxygens (including phenoxy) is 2. The van der Waals surface area contributed by atoms with Gasteiger partial charge in [0.05, 0.1) is 5.92 Å². The Morgan fingerprint density at radius 1 is 1.30 bits per heavy atom. The molecule has 1 aromatic carbocycles. The van der Waals surface area contributed by atoms with Crippen LogP contribution in [0.25, 0.3) is 0 Å². The summed E-state index contributed by atoms with van der Waals surface area (Å²) in [4.78, 5) is 24.8. The van der Waals surface area contributed by atoms with Gasteiger partial charge in [-0.3, -0.25) is 4.79 Å². The molecule has 0 N–H and O–H groups in total. The van der Waals surface area contributed by atoms with Gasteiger partial charge >= 0.3 is 11.9 Å². The van der Waals surface area contributed by atoms with Gasteiger partial charge in [0.2, 0.25) is 5.83 Å².